The van der Waals surface area contributed by atoms with Gasteiger partial charge in [-0.3, -0.25) is 4.31 Å². The summed E-state index contributed by atoms with van der Waals surface area (Å²) >= 11 is 0. The molecule has 0 radical (unpaired) electrons. The van der Waals surface area contributed by atoms with E-state index in [0.717, 1.165) is 5.56 Å². The normalized spacial score (nSPS) is 18.6. The molecule has 2 aromatic rings. The number of aryl methyl sites for hydroxylation is 1. The standard InChI is InChI=1S/C14H18N4O2S/c1-2-17-9-14(16-10-17)21(19,20)18-8-7-12(15)11-5-3-4-6-13(11)18/h3-6,9-10,12H,2,7-8,15H2,1H3. The van der Waals surface area contributed by atoms with Crippen molar-refractivity contribution in [2.45, 2.75) is 31.0 Å². The summed E-state index contributed by atoms with van der Waals surface area (Å²) in [5, 5.41) is 0.0784. The van der Waals surface area contributed by atoms with Crippen LogP contribution in [0.2, 0.25) is 0 Å². The van der Waals surface area contributed by atoms with Crippen LogP contribution in [0.5, 0.6) is 0 Å². The highest BCUT2D eigenvalue weighted by Gasteiger charge is 2.32. The molecule has 2 N–H and O–H groups in total. The highest BCUT2D eigenvalue weighted by atomic mass is 32.2. The Morgan fingerprint density at radius 3 is 2.86 bits per heavy atom. The smallest absolute Gasteiger partial charge is 0.283 e. The molecule has 1 atom stereocenters. The lowest BCUT2D eigenvalue weighted by Gasteiger charge is -2.32. The van der Waals surface area contributed by atoms with E-state index in [1.165, 1.54) is 10.6 Å². The second-order valence-corrected chi connectivity index (χ2v) is 6.88. The molecule has 1 aromatic heterocycles. The van der Waals surface area contributed by atoms with Crippen molar-refractivity contribution in [1.29, 1.82) is 0 Å². The maximum atomic E-state index is 12.8. The third-order valence-electron chi connectivity index (χ3n) is 3.78. The highest BCUT2D eigenvalue weighted by molar-refractivity contribution is 7.92. The molecule has 2 heterocycles. The van der Waals surface area contributed by atoms with E-state index in [1.54, 1.807) is 16.8 Å². The minimum Gasteiger partial charge on any atom is -0.336 e. The molecular formula is C14H18N4O2S. The van der Waals surface area contributed by atoms with Crippen LogP contribution in [0.15, 0.2) is 41.8 Å². The van der Waals surface area contributed by atoms with Gasteiger partial charge in [0, 0.05) is 25.3 Å². The van der Waals surface area contributed by atoms with Crippen LogP contribution < -0.4 is 10.0 Å². The van der Waals surface area contributed by atoms with Crippen molar-refractivity contribution < 1.29 is 8.42 Å². The summed E-state index contributed by atoms with van der Waals surface area (Å²) in [6, 6.07) is 7.25. The number of nitrogens with two attached hydrogens (primary N) is 1. The van der Waals surface area contributed by atoms with Crippen LogP contribution in [-0.2, 0) is 16.6 Å². The number of para-hydroxylation sites is 1. The lowest BCUT2D eigenvalue weighted by molar-refractivity contribution is 0.571. The first-order valence-corrected chi connectivity index (χ1v) is 8.37. The molecule has 0 saturated carbocycles. The number of hydrogen-bond donors (Lipinski definition) is 1. The summed E-state index contributed by atoms with van der Waals surface area (Å²) in [6.07, 6.45) is 3.70. The van der Waals surface area contributed by atoms with Gasteiger partial charge in [-0.05, 0) is 25.0 Å². The van der Waals surface area contributed by atoms with Crippen LogP contribution in [0, 0.1) is 0 Å². The summed E-state index contributed by atoms with van der Waals surface area (Å²) < 4.78 is 28.7. The molecule has 21 heavy (non-hydrogen) atoms. The Morgan fingerprint density at radius 1 is 1.38 bits per heavy atom. The van der Waals surface area contributed by atoms with E-state index >= 15 is 0 Å². The van der Waals surface area contributed by atoms with Crippen molar-refractivity contribution in [1.82, 2.24) is 9.55 Å². The predicted octanol–water partition coefficient (Wildman–Crippen LogP) is 1.50. The fourth-order valence-corrected chi connectivity index (χ4v) is 4.01. The van der Waals surface area contributed by atoms with Gasteiger partial charge in [0.1, 0.15) is 0 Å². The molecule has 0 aliphatic carbocycles. The van der Waals surface area contributed by atoms with Crippen molar-refractivity contribution in [3.8, 4) is 0 Å². The van der Waals surface area contributed by atoms with E-state index in [2.05, 4.69) is 4.98 Å². The third kappa shape index (κ3) is 2.32. The molecule has 1 unspecified atom stereocenters. The van der Waals surface area contributed by atoms with Crippen molar-refractivity contribution >= 4 is 15.7 Å². The lowest BCUT2D eigenvalue weighted by atomic mass is 9.99. The molecule has 0 saturated heterocycles. The monoisotopic (exact) mass is 306 g/mol. The second kappa shape index (κ2) is 5.16. The number of anilines is 1. The zero-order chi connectivity index (χ0) is 15.0. The summed E-state index contributed by atoms with van der Waals surface area (Å²) in [4.78, 5) is 4.03. The zero-order valence-electron chi connectivity index (χ0n) is 11.8. The molecule has 7 heteroatoms. The number of sulfonamides is 1. The van der Waals surface area contributed by atoms with Gasteiger partial charge in [-0.25, -0.2) is 4.98 Å². The van der Waals surface area contributed by atoms with E-state index in [9.17, 15) is 8.42 Å². The van der Waals surface area contributed by atoms with Gasteiger partial charge in [0.25, 0.3) is 10.0 Å². The van der Waals surface area contributed by atoms with Gasteiger partial charge < -0.3 is 10.3 Å². The minimum atomic E-state index is -3.64. The van der Waals surface area contributed by atoms with Crippen LogP contribution in [0.3, 0.4) is 0 Å². The first-order chi connectivity index (χ1) is 10.0. The van der Waals surface area contributed by atoms with Gasteiger partial charge in [-0.2, -0.15) is 8.42 Å². The number of hydrogen-bond acceptors (Lipinski definition) is 4. The first kappa shape index (κ1) is 14.1. The van der Waals surface area contributed by atoms with Crippen molar-refractivity contribution in [2.24, 2.45) is 5.73 Å². The molecule has 0 spiro atoms. The number of fused-ring (bicyclic) bond motifs is 1. The van der Waals surface area contributed by atoms with Crippen LogP contribution in [0.4, 0.5) is 5.69 Å². The predicted molar refractivity (Wildman–Crippen MR) is 80.4 cm³/mol. The second-order valence-electron chi connectivity index (χ2n) is 5.07. The van der Waals surface area contributed by atoms with Crippen molar-refractivity contribution in [2.75, 3.05) is 10.8 Å². The largest absolute Gasteiger partial charge is 0.336 e. The fraction of sp³-hybridized carbons (Fsp3) is 0.357. The van der Waals surface area contributed by atoms with Crippen LogP contribution in [0.25, 0.3) is 0 Å². The lowest BCUT2D eigenvalue weighted by Crippen LogP contribution is -2.38. The number of rotatable bonds is 3. The summed E-state index contributed by atoms with van der Waals surface area (Å²) in [7, 11) is -3.64. The average Bonchev–Trinajstić information content (AvgIpc) is 2.97. The van der Waals surface area contributed by atoms with Gasteiger partial charge in [0.2, 0.25) is 0 Å². The average molecular weight is 306 g/mol. The molecule has 6 nitrogen and oxygen atoms in total. The van der Waals surface area contributed by atoms with Gasteiger partial charge in [-0.15, -0.1) is 0 Å². The minimum absolute atomic E-state index is 0.0784. The molecule has 0 amide bonds. The summed E-state index contributed by atoms with van der Waals surface area (Å²) in [5.41, 5.74) is 7.59. The molecule has 3 rings (SSSR count). The Hall–Kier alpha value is -1.86. The van der Waals surface area contributed by atoms with Gasteiger partial charge in [0.05, 0.1) is 12.0 Å². The van der Waals surface area contributed by atoms with E-state index in [4.69, 9.17) is 5.73 Å². The Bertz CT molecular complexity index is 754. The molecular weight excluding hydrogens is 288 g/mol. The topological polar surface area (TPSA) is 81.2 Å². The van der Waals surface area contributed by atoms with Gasteiger partial charge in [0.15, 0.2) is 5.03 Å². The molecule has 1 aliphatic rings. The molecule has 1 aromatic carbocycles. The highest BCUT2D eigenvalue weighted by Crippen LogP contribution is 2.35. The summed E-state index contributed by atoms with van der Waals surface area (Å²) in [6.45, 7) is 3.00. The number of benzene rings is 1. The number of nitrogens with zero attached hydrogens (tertiary/aromatic N) is 3. The van der Waals surface area contributed by atoms with Crippen molar-refractivity contribution in [3.05, 3.63) is 42.4 Å². The van der Waals surface area contributed by atoms with Gasteiger partial charge >= 0.3 is 0 Å². The Morgan fingerprint density at radius 2 is 2.14 bits per heavy atom. The van der Waals surface area contributed by atoms with E-state index in [0.29, 0.717) is 25.2 Å². The number of aromatic nitrogens is 2. The molecule has 0 bridgehead atoms. The molecule has 112 valence electrons. The maximum Gasteiger partial charge on any atom is 0.283 e. The summed E-state index contributed by atoms with van der Waals surface area (Å²) in [5.74, 6) is 0. The maximum absolute atomic E-state index is 12.8. The number of imidazole rings is 1. The SMILES string of the molecule is CCn1cnc(S(=O)(=O)N2CCC(N)c3ccccc32)c1. The van der Waals surface area contributed by atoms with E-state index in [1.807, 2.05) is 25.1 Å². The van der Waals surface area contributed by atoms with E-state index < -0.39 is 10.0 Å². The van der Waals surface area contributed by atoms with E-state index in [-0.39, 0.29) is 11.1 Å². The Labute approximate surface area is 124 Å². The van der Waals surface area contributed by atoms with Crippen LogP contribution in [0.1, 0.15) is 24.9 Å². The zero-order valence-corrected chi connectivity index (χ0v) is 12.6. The molecule has 0 fully saturated rings. The van der Waals surface area contributed by atoms with Gasteiger partial charge in [-0.1, -0.05) is 18.2 Å². The van der Waals surface area contributed by atoms with Crippen LogP contribution in [-0.4, -0.2) is 24.5 Å². The Balaban J connectivity index is 2.06. The fourth-order valence-electron chi connectivity index (χ4n) is 2.57. The first-order valence-electron chi connectivity index (χ1n) is 6.93. The molecule has 1 aliphatic heterocycles. The third-order valence-corrected chi connectivity index (χ3v) is 5.48. The quantitative estimate of drug-likeness (QED) is 0.932. The Kier molecular flexibility index (Phi) is 3.46. The van der Waals surface area contributed by atoms with Crippen LogP contribution >= 0.6 is 0 Å². The van der Waals surface area contributed by atoms with Crippen molar-refractivity contribution in [3.63, 3.8) is 0 Å².